The standard InChI is InChI=1S/C17H26N/c1-17(2)13-14(9-8-12-18(3,4)5)15-10-6-7-11-16(15)17/h6-7,10-11,13H,8-9,12H2,1-5H3/q+1. The second-order valence-electron chi connectivity index (χ2n) is 7.05. The third kappa shape index (κ3) is 2.84. The van der Waals surface area contributed by atoms with Gasteiger partial charge in [0.15, 0.2) is 0 Å². The molecule has 18 heavy (non-hydrogen) atoms. The zero-order valence-electron chi connectivity index (χ0n) is 12.5. The van der Waals surface area contributed by atoms with Gasteiger partial charge in [-0.2, -0.15) is 0 Å². The predicted molar refractivity (Wildman–Crippen MR) is 79.6 cm³/mol. The highest BCUT2D eigenvalue weighted by molar-refractivity contribution is 5.76. The maximum Gasteiger partial charge on any atom is 0.0783 e. The quantitative estimate of drug-likeness (QED) is 0.706. The van der Waals surface area contributed by atoms with E-state index in [0.29, 0.717) is 0 Å². The molecule has 0 spiro atoms. The molecule has 1 nitrogen and oxygen atoms in total. The molecule has 0 bridgehead atoms. The predicted octanol–water partition coefficient (Wildman–Crippen LogP) is 3.85. The molecule has 98 valence electrons. The fourth-order valence-corrected chi connectivity index (χ4v) is 2.87. The fourth-order valence-electron chi connectivity index (χ4n) is 2.87. The van der Waals surface area contributed by atoms with E-state index >= 15 is 0 Å². The molecule has 1 aromatic rings. The van der Waals surface area contributed by atoms with Gasteiger partial charge in [-0.3, -0.25) is 0 Å². The summed E-state index contributed by atoms with van der Waals surface area (Å²) in [5.74, 6) is 0. The third-order valence-corrected chi connectivity index (χ3v) is 3.78. The van der Waals surface area contributed by atoms with Gasteiger partial charge in [0, 0.05) is 11.8 Å². The van der Waals surface area contributed by atoms with E-state index in [1.54, 1.807) is 5.57 Å². The first kappa shape index (κ1) is 13.4. The maximum absolute atomic E-state index is 2.47. The highest BCUT2D eigenvalue weighted by Crippen LogP contribution is 2.41. The second kappa shape index (κ2) is 4.55. The Hall–Kier alpha value is -1.08. The van der Waals surface area contributed by atoms with Crippen molar-refractivity contribution in [3.05, 3.63) is 41.5 Å². The number of fused-ring (bicyclic) bond motifs is 1. The van der Waals surface area contributed by atoms with Crippen LogP contribution in [0.15, 0.2) is 30.3 Å². The summed E-state index contributed by atoms with van der Waals surface area (Å²) in [4.78, 5) is 0. The van der Waals surface area contributed by atoms with E-state index in [2.05, 4.69) is 65.3 Å². The van der Waals surface area contributed by atoms with Crippen molar-refractivity contribution in [2.24, 2.45) is 0 Å². The van der Waals surface area contributed by atoms with Crippen molar-refractivity contribution in [1.29, 1.82) is 0 Å². The lowest BCUT2D eigenvalue weighted by Crippen LogP contribution is -2.35. The number of nitrogens with zero attached hydrogens (tertiary/aromatic N) is 1. The zero-order valence-corrected chi connectivity index (χ0v) is 12.5. The van der Waals surface area contributed by atoms with Gasteiger partial charge in [-0.25, -0.2) is 0 Å². The van der Waals surface area contributed by atoms with Crippen LogP contribution in [0.5, 0.6) is 0 Å². The van der Waals surface area contributed by atoms with Crippen LogP contribution in [0.25, 0.3) is 5.57 Å². The smallest absolute Gasteiger partial charge is 0.0783 e. The Morgan fingerprint density at radius 3 is 2.39 bits per heavy atom. The average molecular weight is 244 g/mol. The topological polar surface area (TPSA) is 0 Å². The minimum absolute atomic E-state index is 0.211. The molecule has 0 atom stereocenters. The lowest BCUT2D eigenvalue weighted by Gasteiger charge is -2.23. The van der Waals surface area contributed by atoms with E-state index in [9.17, 15) is 0 Å². The van der Waals surface area contributed by atoms with Crippen molar-refractivity contribution in [3.8, 4) is 0 Å². The van der Waals surface area contributed by atoms with Crippen LogP contribution in [-0.4, -0.2) is 32.2 Å². The van der Waals surface area contributed by atoms with Crippen molar-refractivity contribution in [3.63, 3.8) is 0 Å². The van der Waals surface area contributed by atoms with Crippen molar-refractivity contribution in [2.75, 3.05) is 27.7 Å². The van der Waals surface area contributed by atoms with Crippen molar-refractivity contribution in [2.45, 2.75) is 32.1 Å². The third-order valence-electron chi connectivity index (χ3n) is 3.78. The van der Waals surface area contributed by atoms with E-state index in [-0.39, 0.29) is 5.41 Å². The number of benzene rings is 1. The van der Waals surface area contributed by atoms with E-state index < -0.39 is 0 Å². The zero-order chi connectivity index (χ0) is 13.4. The lowest BCUT2D eigenvalue weighted by atomic mass is 9.87. The number of quaternary nitrogens is 1. The normalized spacial score (nSPS) is 17.5. The Labute approximate surface area is 112 Å². The molecule has 0 saturated heterocycles. The van der Waals surface area contributed by atoms with Gasteiger partial charge in [0.2, 0.25) is 0 Å². The summed E-state index contributed by atoms with van der Waals surface area (Å²) in [6.07, 6.45) is 4.93. The Morgan fingerprint density at radius 2 is 1.72 bits per heavy atom. The Balaban J connectivity index is 2.11. The Morgan fingerprint density at radius 1 is 1.06 bits per heavy atom. The molecule has 0 saturated carbocycles. The van der Waals surface area contributed by atoms with E-state index in [1.807, 2.05) is 0 Å². The van der Waals surface area contributed by atoms with Gasteiger partial charge in [-0.1, -0.05) is 44.2 Å². The first-order valence-electron chi connectivity index (χ1n) is 6.92. The lowest BCUT2D eigenvalue weighted by molar-refractivity contribution is -0.870. The van der Waals surface area contributed by atoms with Gasteiger partial charge in [-0.15, -0.1) is 0 Å². The van der Waals surface area contributed by atoms with Gasteiger partial charge in [0.1, 0.15) is 0 Å². The largest absolute Gasteiger partial charge is 0.331 e. The highest BCUT2D eigenvalue weighted by atomic mass is 15.3. The number of rotatable bonds is 4. The summed E-state index contributed by atoms with van der Waals surface area (Å²) in [6, 6.07) is 8.87. The van der Waals surface area contributed by atoms with Gasteiger partial charge in [0.05, 0.1) is 27.7 Å². The molecule has 0 aliphatic heterocycles. The van der Waals surface area contributed by atoms with E-state index in [1.165, 1.54) is 30.5 Å². The second-order valence-corrected chi connectivity index (χ2v) is 7.05. The highest BCUT2D eigenvalue weighted by Gasteiger charge is 2.28. The van der Waals surface area contributed by atoms with Crippen LogP contribution < -0.4 is 0 Å². The van der Waals surface area contributed by atoms with Gasteiger partial charge < -0.3 is 4.48 Å². The minimum atomic E-state index is 0.211. The van der Waals surface area contributed by atoms with Gasteiger partial charge in [-0.05, 0) is 23.1 Å². The molecule has 0 heterocycles. The first-order valence-corrected chi connectivity index (χ1v) is 6.92. The Kier molecular flexibility index (Phi) is 3.37. The van der Waals surface area contributed by atoms with E-state index in [4.69, 9.17) is 0 Å². The summed E-state index contributed by atoms with van der Waals surface area (Å²) in [5.41, 5.74) is 4.72. The summed E-state index contributed by atoms with van der Waals surface area (Å²) < 4.78 is 1.05. The number of hydrogen-bond donors (Lipinski definition) is 0. The van der Waals surface area contributed by atoms with Crippen LogP contribution in [0.1, 0.15) is 37.8 Å². The number of hydrogen-bond acceptors (Lipinski definition) is 0. The number of allylic oxidation sites excluding steroid dienone is 2. The molecule has 0 radical (unpaired) electrons. The molecule has 0 fully saturated rings. The van der Waals surface area contributed by atoms with Crippen LogP contribution in [-0.2, 0) is 5.41 Å². The molecule has 0 N–H and O–H groups in total. The molecule has 2 rings (SSSR count). The molecule has 0 aromatic heterocycles. The molecule has 0 amide bonds. The molecule has 1 heteroatoms. The van der Waals surface area contributed by atoms with Crippen molar-refractivity contribution >= 4 is 5.57 Å². The van der Waals surface area contributed by atoms with Crippen LogP contribution in [0.2, 0.25) is 0 Å². The summed E-state index contributed by atoms with van der Waals surface area (Å²) >= 11 is 0. The van der Waals surface area contributed by atoms with Crippen LogP contribution >= 0.6 is 0 Å². The molecule has 0 unspecified atom stereocenters. The maximum atomic E-state index is 2.47. The summed E-state index contributed by atoms with van der Waals surface area (Å²) in [7, 11) is 6.79. The van der Waals surface area contributed by atoms with Crippen LogP contribution in [0, 0.1) is 0 Å². The fraction of sp³-hybridized carbons (Fsp3) is 0.529. The monoisotopic (exact) mass is 244 g/mol. The van der Waals surface area contributed by atoms with Gasteiger partial charge >= 0.3 is 0 Å². The molecule has 1 aromatic carbocycles. The summed E-state index contributed by atoms with van der Waals surface area (Å²) in [5, 5.41) is 0. The van der Waals surface area contributed by atoms with Crippen LogP contribution in [0.4, 0.5) is 0 Å². The summed E-state index contributed by atoms with van der Waals surface area (Å²) in [6.45, 7) is 5.87. The Bertz CT molecular complexity index is 461. The molecule has 1 aliphatic carbocycles. The van der Waals surface area contributed by atoms with Crippen molar-refractivity contribution in [1.82, 2.24) is 0 Å². The molecular formula is C17H26N+. The average Bonchev–Trinajstić information content (AvgIpc) is 2.50. The molecule has 1 aliphatic rings. The first-order chi connectivity index (χ1) is 8.30. The minimum Gasteiger partial charge on any atom is -0.331 e. The van der Waals surface area contributed by atoms with Crippen LogP contribution in [0.3, 0.4) is 0 Å². The van der Waals surface area contributed by atoms with Crippen molar-refractivity contribution < 1.29 is 4.48 Å². The van der Waals surface area contributed by atoms with E-state index in [0.717, 1.165) is 4.48 Å². The van der Waals surface area contributed by atoms with Gasteiger partial charge in [0.25, 0.3) is 0 Å². The SMILES string of the molecule is CC1(C)C=C(CCC[N+](C)(C)C)c2ccccc21. The molecular weight excluding hydrogens is 218 g/mol.